The van der Waals surface area contributed by atoms with Crippen LogP contribution in [-0.4, -0.2) is 13.4 Å². The Morgan fingerprint density at radius 2 is 1.86 bits per heavy atom. The highest BCUT2D eigenvalue weighted by atomic mass is 79.9. The molecule has 1 unspecified atom stereocenters. The van der Waals surface area contributed by atoms with E-state index < -0.39 is 6.36 Å². The number of ether oxygens (including phenoxy) is 1. The van der Waals surface area contributed by atoms with Crippen molar-refractivity contribution in [2.45, 2.75) is 19.3 Å². The second-order valence-electron chi connectivity index (χ2n) is 4.44. The molecule has 0 spiro atoms. The summed E-state index contributed by atoms with van der Waals surface area (Å²) in [5, 5.41) is 3.17. The molecule has 0 bridgehead atoms. The summed E-state index contributed by atoms with van der Waals surface area (Å²) in [6.45, 7) is 2.00. The number of aryl methyl sites for hydroxylation is 1. The van der Waals surface area contributed by atoms with Gasteiger partial charge in [0.05, 0.1) is 9.83 Å². The van der Waals surface area contributed by atoms with Crippen LogP contribution in [0.1, 0.15) is 22.0 Å². The van der Waals surface area contributed by atoms with E-state index >= 15 is 0 Å². The number of nitrogens with one attached hydrogen (secondary N) is 1. The molecule has 1 heterocycles. The Bertz CT molecular complexity index is 590. The summed E-state index contributed by atoms with van der Waals surface area (Å²) < 4.78 is 41.3. The molecule has 114 valence electrons. The van der Waals surface area contributed by atoms with Crippen molar-refractivity contribution in [1.82, 2.24) is 5.32 Å². The van der Waals surface area contributed by atoms with Crippen LogP contribution < -0.4 is 10.1 Å². The van der Waals surface area contributed by atoms with Gasteiger partial charge in [0.15, 0.2) is 0 Å². The molecule has 0 saturated heterocycles. The van der Waals surface area contributed by atoms with Crippen LogP contribution in [0.3, 0.4) is 0 Å². The smallest absolute Gasteiger partial charge is 0.406 e. The molecule has 0 fully saturated rings. The van der Waals surface area contributed by atoms with Crippen LogP contribution in [0.25, 0.3) is 0 Å². The van der Waals surface area contributed by atoms with Crippen molar-refractivity contribution in [2.24, 2.45) is 0 Å². The fraction of sp³-hybridized carbons (Fsp3) is 0.286. The van der Waals surface area contributed by atoms with E-state index in [0.717, 1.165) is 19.8 Å². The second kappa shape index (κ2) is 6.37. The van der Waals surface area contributed by atoms with Crippen LogP contribution in [0, 0.1) is 6.92 Å². The number of rotatable bonds is 4. The van der Waals surface area contributed by atoms with E-state index in [1.165, 1.54) is 12.1 Å². The maximum absolute atomic E-state index is 12.1. The topological polar surface area (TPSA) is 21.3 Å². The average Bonchev–Trinajstić information content (AvgIpc) is 2.70. The predicted molar refractivity (Wildman–Crippen MR) is 80.8 cm³/mol. The first-order valence-electron chi connectivity index (χ1n) is 6.09. The molecule has 0 radical (unpaired) electrons. The summed E-state index contributed by atoms with van der Waals surface area (Å²) >= 11 is 5.08. The lowest BCUT2D eigenvalue weighted by molar-refractivity contribution is -0.274. The highest BCUT2D eigenvalue weighted by Crippen LogP contribution is 2.35. The highest BCUT2D eigenvalue weighted by Gasteiger charge is 2.31. The van der Waals surface area contributed by atoms with E-state index in [9.17, 15) is 13.2 Å². The molecular weight excluding hydrogens is 367 g/mol. The lowest BCUT2D eigenvalue weighted by atomic mass is 10.1. The number of hydrogen-bond acceptors (Lipinski definition) is 3. The van der Waals surface area contributed by atoms with E-state index in [0.29, 0.717) is 0 Å². The summed E-state index contributed by atoms with van der Waals surface area (Å²) in [7, 11) is 1.81. The van der Waals surface area contributed by atoms with Crippen molar-refractivity contribution in [3.63, 3.8) is 0 Å². The summed E-state index contributed by atoms with van der Waals surface area (Å²) in [5.41, 5.74) is 2.01. The fourth-order valence-corrected chi connectivity index (χ4v) is 3.67. The van der Waals surface area contributed by atoms with E-state index in [2.05, 4.69) is 32.0 Å². The molecule has 0 aliphatic heterocycles. The van der Waals surface area contributed by atoms with Gasteiger partial charge in [-0.25, -0.2) is 0 Å². The van der Waals surface area contributed by atoms with E-state index in [1.807, 2.05) is 14.0 Å². The van der Waals surface area contributed by atoms with Crippen molar-refractivity contribution in [2.75, 3.05) is 7.05 Å². The van der Waals surface area contributed by atoms with Crippen LogP contribution >= 0.6 is 27.3 Å². The second-order valence-corrected chi connectivity index (χ2v) is 6.85. The van der Waals surface area contributed by atoms with Crippen molar-refractivity contribution in [1.29, 1.82) is 0 Å². The Labute approximate surface area is 133 Å². The van der Waals surface area contributed by atoms with E-state index in [4.69, 9.17) is 0 Å². The molecule has 0 amide bonds. The van der Waals surface area contributed by atoms with Gasteiger partial charge < -0.3 is 10.1 Å². The fourth-order valence-electron chi connectivity index (χ4n) is 1.96. The normalized spacial score (nSPS) is 13.2. The predicted octanol–water partition coefficient (Wildman–Crippen LogP) is 5.03. The summed E-state index contributed by atoms with van der Waals surface area (Å²) in [6.07, 6.45) is -4.67. The SMILES string of the molecule is CNC(c1ccc(OC(F)(F)F)cc1)c1cc(C)c(Br)s1. The Morgan fingerprint density at radius 3 is 2.29 bits per heavy atom. The Kier molecular flexibility index (Phi) is 4.95. The molecule has 0 aliphatic carbocycles. The van der Waals surface area contributed by atoms with Gasteiger partial charge in [-0.3, -0.25) is 0 Å². The number of thiophene rings is 1. The van der Waals surface area contributed by atoms with Crippen molar-refractivity contribution in [3.8, 4) is 5.75 Å². The molecule has 1 N–H and O–H groups in total. The Morgan fingerprint density at radius 1 is 1.24 bits per heavy atom. The number of hydrogen-bond donors (Lipinski definition) is 1. The van der Waals surface area contributed by atoms with Crippen LogP contribution in [-0.2, 0) is 0 Å². The molecular formula is C14H13BrF3NOS. The van der Waals surface area contributed by atoms with Gasteiger partial charge in [-0.2, -0.15) is 0 Å². The molecule has 0 aliphatic rings. The molecule has 2 rings (SSSR count). The maximum Gasteiger partial charge on any atom is 0.573 e. The Balaban J connectivity index is 2.23. The van der Waals surface area contributed by atoms with Crippen LogP contribution in [0.15, 0.2) is 34.1 Å². The van der Waals surface area contributed by atoms with Crippen LogP contribution in [0.2, 0.25) is 0 Å². The minimum atomic E-state index is -4.67. The highest BCUT2D eigenvalue weighted by molar-refractivity contribution is 9.11. The molecule has 0 saturated carbocycles. The molecule has 2 aromatic rings. The van der Waals surface area contributed by atoms with Gasteiger partial charge in [-0.1, -0.05) is 12.1 Å². The van der Waals surface area contributed by atoms with Gasteiger partial charge in [-0.15, -0.1) is 24.5 Å². The van der Waals surface area contributed by atoms with Gasteiger partial charge >= 0.3 is 6.36 Å². The zero-order chi connectivity index (χ0) is 15.6. The number of halogens is 4. The Hall–Kier alpha value is -1.05. The third-order valence-electron chi connectivity index (χ3n) is 2.90. The summed E-state index contributed by atoms with van der Waals surface area (Å²) in [4.78, 5) is 1.09. The number of benzene rings is 1. The molecule has 2 nitrogen and oxygen atoms in total. The van der Waals surface area contributed by atoms with Crippen LogP contribution in [0.5, 0.6) is 5.75 Å². The van der Waals surface area contributed by atoms with E-state index in [-0.39, 0.29) is 11.8 Å². The van der Waals surface area contributed by atoms with E-state index in [1.54, 1.807) is 23.5 Å². The first kappa shape index (κ1) is 16.3. The summed E-state index contributed by atoms with van der Waals surface area (Å²) in [5.74, 6) is -0.218. The molecule has 7 heteroatoms. The largest absolute Gasteiger partial charge is 0.573 e. The van der Waals surface area contributed by atoms with Crippen molar-refractivity contribution >= 4 is 27.3 Å². The van der Waals surface area contributed by atoms with Gasteiger partial charge in [-0.05, 0) is 59.2 Å². The lowest BCUT2D eigenvalue weighted by Gasteiger charge is -2.16. The van der Waals surface area contributed by atoms with Gasteiger partial charge in [0, 0.05) is 4.88 Å². The van der Waals surface area contributed by atoms with Gasteiger partial charge in [0.25, 0.3) is 0 Å². The third-order valence-corrected chi connectivity index (χ3v) is 5.10. The third kappa shape index (κ3) is 4.21. The molecule has 1 atom stereocenters. The standard InChI is InChI=1S/C14H13BrF3NOS/c1-8-7-11(21-13(8)15)12(19-2)9-3-5-10(6-4-9)20-14(16,17)18/h3-7,12,19H,1-2H3. The first-order chi connectivity index (χ1) is 9.80. The quantitative estimate of drug-likeness (QED) is 0.804. The minimum absolute atomic E-state index is 0.0695. The number of alkyl halides is 3. The van der Waals surface area contributed by atoms with Gasteiger partial charge in [0.1, 0.15) is 5.75 Å². The molecule has 1 aromatic heterocycles. The lowest BCUT2D eigenvalue weighted by Crippen LogP contribution is -2.18. The maximum atomic E-state index is 12.1. The average molecular weight is 380 g/mol. The zero-order valence-electron chi connectivity index (χ0n) is 11.3. The van der Waals surface area contributed by atoms with Crippen molar-refractivity contribution in [3.05, 3.63) is 50.1 Å². The molecule has 1 aromatic carbocycles. The first-order valence-corrected chi connectivity index (χ1v) is 7.70. The molecule has 21 heavy (non-hydrogen) atoms. The van der Waals surface area contributed by atoms with Crippen molar-refractivity contribution < 1.29 is 17.9 Å². The zero-order valence-corrected chi connectivity index (χ0v) is 13.7. The monoisotopic (exact) mass is 379 g/mol. The minimum Gasteiger partial charge on any atom is -0.406 e. The van der Waals surface area contributed by atoms with Gasteiger partial charge in [0.2, 0.25) is 0 Å². The van der Waals surface area contributed by atoms with Crippen LogP contribution in [0.4, 0.5) is 13.2 Å². The summed E-state index contributed by atoms with van der Waals surface area (Å²) in [6, 6.07) is 7.89.